The molecule has 0 fully saturated rings. The lowest BCUT2D eigenvalue weighted by molar-refractivity contribution is -0.136. The molecule has 0 saturated carbocycles. The maximum Gasteiger partial charge on any atom is 0.229 e. The average molecular weight is 299 g/mol. The fraction of sp³-hybridized carbons (Fsp3) is 0.278. The Bertz CT molecular complexity index is 669. The van der Waals surface area contributed by atoms with E-state index >= 15 is 0 Å². The Morgan fingerprint density at radius 2 is 1.95 bits per heavy atom. The molecule has 1 amide bonds. The van der Waals surface area contributed by atoms with Crippen molar-refractivity contribution in [2.75, 3.05) is 13.7 Å². The van der Waals surface area contributed by atoms with Crippen molar-refractivity contribution < 1.29 is 13.9 Å². The van der Waals surface area contributed by atoms with Gasteiger partial charge in [0.05, 0.1) is 5.92 Å². The zero-order valence-corrected chi connectivity index (χ0v) is 12.5. The lowest BCUT2D eigenvalue weighted by Gasteiger charge is -2.28. The maximum atomic E-state index is 12.9. The van der Waals surface area contributed by atoms with E-state index in [1.807, 2.05) is 24.3 Å². The van der Waals surface area contributed by atoms with Crippen LogP contribution in [0.4, 0.5) is 4.39 Å². The summed E-state index contributed by atoms with van der Waals surface area (Å²) >= 11 is 0. The van der Waals surface area contributed by atoms with Crippen LogP contribution in [0.15, 0.2) is 48.5 Å². The molecule has 1 unspecified atom stereocenters. The molecule has 1 atom stereocenters. The van der Waals surface area contributed by atoms with E-state index in [9.17, 15) is 9.18 Å². The first-order valence-electron chi connectivity index (χ1n) is 7.33. The largest absolute Gasteiger partial charge is 0.492 e. The lowest BCUT2D eigenvalue weighted by atomic mass is 9.95. The molecule has 0 aromatic heterocycles. The second-order valence-corrected chi connectivity index (χ2v) is 5.64. The summed E-state index contributed by atoms with van der Waals surface area (Å²) in [7, 11) is 1.77. The van der Waals surface area contributed by atoms with E-state index in [2.05, 4.69) is 0 Å². The lowest BCUT2D eigenvalue weighted by Crippen LogP contribution is -2.38. The van der Waals surface area contributed by atoms with Crippen LogP contribution in [0.5, 0.6) is 5.75 Å². The standard InChI is InChI=1S/C18H18FNO2/c1-20(11-13-6-8-16(19)9-7-13)18(21)15-10-14-4-2-3-5-17(14)22-12-15/h2-9,15H,10-12H2,1H3. The van der Waals surface area contributed by atoms with Crippen molar-refractivity contribution in [1.82, 2.24) is 4.90 Å². The SMILES string of the molecule is CN(Cc1ccc(F)cc1)C(=O)C1COc2ccccc2C1. The van der Waals surface area contributed by atoms with Crippen molar-refractivity contribution in [2.45, 2.75) is 13.0 Å². The predicted molar refractivity (Wildman–Crippen MR) is 82.0 cm³/mol. The Morgan fingerprint density at radius 3 is 2.73 bits per heavy atom. The second kappa shape index (κ2) is 6.18. The molecule has 2 aromatic carbocycles. The Kier molecular flexibility index (Phi) is 4.09. The molecular formula is C18H18FNO2. The highest BCUT2D eigenvalue weighted by Gasteiger charge is 2.28. The van der Waals surface area contributed by atoms with Gasteiger partial charge in [0, 0.05) is 13.6 Å². The molecule has 2 aromatic rings. The van der Waals surface area contributed by atoms with Gasteiger partial charge < -0.3 is 9.64 Å². The van der Waals surface area contributed by atoms with Gasteiger partial charge in [-0.2, -0.15) is 0 Å². The Hall–Kier alpha value is -2.36. The molecule has 1 aliphatic rings. The monoisotopic (exact) mass is 299 g/mol. The molecule has 22 heavy (non-hydrogen) atoms. The molecule has 0 bridgehead atoms. The molecule has 1 aliphatic heterocycles. The highest BCUT2D eigenvalue weighted by atomic mass is 19.1. The molecule has 0 aliphatic carbocycles. The van der Waals surface area contributed by atoms with E-state index in [0.717, 1.165) is 16.9 Å². The van der Waals surface area contributed by atoms with Gasteiger partial charge in [-0.05, 0) is 35.7 Å². The molecule has 1 heterocycles. The van der Waals surface area contributed by atoms with Gasteiger partial charge in [0.15, 0.2) is 0 Å². The van der Waals surface area contributed by atoms with Crippen LogP contribution in [0.25, 0.3) is 0 Å². The van der Waals surface area contributed by atoms with Crippen LogP contribution >= 0.6 is 0 Å². The Balaban J connectivity index is 1.65. The highest BCUT2D eigenvalue weighted by molar-refractivity contribution is 5.79. The van der Waals surface area contributed by atoms with E-state index in [1.54, 1.807) is 24.1 Å². The van der Waals surface area contributed by atoms with Gasteiger partial charge >= 0.3 is 0 Å². The second-order valence-electron chi connectivity index (χ2n) is 5.64. The molecule has 0 N–H and O–H groups in total. The first kappa shape index (κ1) is 14.6. The number of nitrogens with zero attached hydrogens (tertiary/aromatic N) is 1. The van der Waals surface area contributed by atoms with E-state index in [1.165, 1.54) is 12.1 Å². The quantitative estimate of drug-likeness (QED) is 0.872. The van der Waals surface area contributed by atoms with E-state index in [0.29, 0.717) is 19.6 Å². The van der Waals surface area contributed by atoms with Crippen molar-refractivity contribution in [3.05, 3.63) is 65.5 Å². The minimum atomic E-state index is -0.269. The van der Waals surface area contributed by atoms with Crippen LogP contribution in [0, 0.1) is 11.7 Å². The minimum absolute atomic E-state index is 0.0545. The number of benzene rings is 2. The van der Waals surface area contributed by atoms with Gasteiger partial charge in [-0.3, -0.25) is 4.79 Å². The fourth-order valence-electron chi connectivity index (χ4n) is 2.74. The van der Waals surface area contributed by atoms with Crippen molar-refractivity contribution in [2.24, 2.45) is 5.92 Å². The number of hydrogen-bond donors (Lipinski definition) is 0. The summed E-state index contributed by atoms with van der Waals surface area (Å²) in [6, 6.07) is 14.0. The summed E-state index contributed by atoms with van der Waals surface area (Å²) in [6.45, 7) is 0.876. The van der Waals surface area contributed by atoms with E-state index in [-0.39, 0.29) is 17.6 Å². The molecule has 3 nitrogen and oxygen atoms in total. The van der Waals surface area contributed by atoms with Crippen molar-refractivity contribution in [3.8, 4) is 5.75 Å². The zero-order chi connectivity index (χ0) is 15.5. The smallest absolute Gasteiger partial charge is 0.229 e. The molecule has 0 saturated heterocycles. The number of carbonyl (C=O) groups is 1. The zero-order valence-electron chi connectivity index (χ0n) is 12.5. The average Bonchev–Trinajstić information content (AvgIpc) is 2.55. The summed E-state index contributed by atoms with van der Waals surface area (Å²) in [5.74, 6) is 0.488. The van der Waals surface area contributed by atoms with E-state index < -0.39 is 0 Å². The number of amides is 1. The van der Waals surface area contributed by atoms with Gasteiger partial charge in [0.2, 0.25) is 5.91 Å². The first-order chi connectivity index (χ1) is 10.6. The van der Waals surface area contributed by atoms with Crippen LogP contribution in [0.2, 0.25) is 0 Å². The molecule has 0 radical (unpaired) electrons. The number of ether oxygens (including phenoxy) is 1. The summed E-state index contributed by atoms with van der Waals surface area (Å²) in [4.78, 5) is 14.2. The van der Waals surface area contributed by atoms with Gasteiger partial charge in [0.25, 0.3) is 0 Å². The Labute approximate surface area is 129 Å². The third-order valence-electron chi connectivity index (χ3n) is 3.94. The van der Waals surface area contributed by atoms with Crippen molar-refractivity contribution in [1.29, 1.82) is 0 Å². The van der Waals surface area contributed by atoms with Crippen LogP contribution in [0.3, 0.4) is 0 Å². The van der Waals surface area contributed by atoms with E-state index in [4.69, 9.17) is 4.74 Å². The van der Waals surface area contributed by atoms with Crippen LogP contribution < -0.4 is 4.74 Å². The molecule has 4 heteroatoms. The van der Waals surface area contributed by atoms with Crippen LogP contribution in [0.1, 0.15) is 11.1 Å². The third kappa shape index (κ3) is 3.11. The van der Waals surface area contributed by atoms with Gasteiger partial charge in [-0.25, -0.2) is 4.39 Å². The third-order valence-corrected chi connectivity index (χ3v) is 3.94. The number of carbonyl (C=O) groups excluding carboxylic acids is 1. The number of fused-ring (bicyclic) bond motifs is 1. The number of hydrogen-bond acceptors (Lipinski definition) is 2. The van der Waals surface area contributed by atoms with Gasteiger partial charge in [0.1, 0.15) is 18.2 Å². The number of para-hydroxylation sites is 1. The minimum Gasteiger partial charge on any atom is -0.492 e. The predicted octanol–water partition coefficient (Wildman–Crippen LogP) is 3.04. The van der Waals surface area contributed by atoms with Crippen molar-refractivity contribution >= 4 is 5.91 Å². The summed E-state index contributed by atoms with van der Waals surface area (Å²) in [6.07, 6.45) is 0.697. The number of rotatable bonds is 3. The van der Waals surface area contributed by atoms with Crippen LogP contribution in [-0.4, -0.2) is 24.5 Å². The van der Waals surface area contributed by atoms with Gasteiger partial charge in [-0.15, -0.1) is 0 Å². The summed E-state index contributed by atoms with van der Waals surface area (Å²) in [5, 5.41) is 0. The number of halogens is 1. The maximum absolute atomic E-state index is 12.9. The molecule has 0 spiro atoms. The Morgan fingerprint density at radius 1 is 1.23 bits per heavy atom. The topological polar surface area (TPSA) is 29.5 Å². The summed E-state index contributed by atoms with van der Waals surface area (Å²) in [5.41, 5.74) is 1.98. The molecular weight excluding hydrogens is 281 g/mol. The molecule has 3 rings (SSSR count). The summed E-state index contributed by atoms with van der Waals surface area (Å²) < 4.78 is 18.6. The van der Waals surface area contributed by atoms with Crippen molar-refractivity contribution in [3.63, 3.8) is 0 Å². The first-order valence-corrected chi connectivity index (χ1v) is 7.33. The fourth-order valence-corrected chi connectivity index (χ4v) is 2.74. The normalized spacial score (nSPS) is 16.5. The molecule has 114 valence electrons. The van der Waals surface area contributed by atoms with Crippen LogP contribution in [-0.2, 0) is 17.8 Å². The van der Waals surface area contributed by atoms with Gasteiger partial charge in [-0.1, -0.05) is 30.3 Å². The highest BCUT2D eigenvalue weighted by Crippen LogP contribution is 2.27.